The lowest BCUT2D eigenvalue weighted by Gasteiger charge is -2.32. The van der Waals surface area contributed by atoms with Gasteiger partial charge in [0.25, 0.3) is 0 Å². The molecule has 2 aliphatic heterocycles. The summed E-state index contributed by atoms with van der Waals surface area (Å²) in [7, 11) is 0. The number of benzene rings is 2. The topological polar surface area (TPSA) is 48.0 Å². The Morgan fingerprint density at radius 1 is 1.15 bits per heavy atom. The van der Waals surface area contributed by atoms with E-state index in [2.05, 4.69) is 0 Å². The van der Waals surface area contributed by atoms with Crippen LogP contribution in [0.5, 0.6) is 17.2 Å². The number of thioether (sulfide) groups is 1. The van der Waals surface area contributed by atoms with Crippen molar-refractivity contribution in [1.29, 1.82) is 0 Å². The van der Waals surface area contributed by atoms with Crippen LogP contribution in [0.3, 0.4) is 0 Å². The lowest BCUT2D eigenvalue weighted by Crippen LogP contribution is -2.42. The van der Waals surface area contributed by atoms with Crippen molar-refractivity contribution in [1.82, 2.24) is 4.90 Å². The summed E-state index contributed by atoms with van der Waals surface area (Å²) in [6.07, 6.45) is -0.169. The van der Waals surface area contributed by atoms with Crippen LogP contribution in [0.25, 0.3) is 0 Å². The van der Waals surface area contributed by atoms with Gasteiger partial charge < -0.3 is 19.1 Å². The van der Waals surface area contributed by atoms with Gasteiger partial charge in [0.1, 0.15) is 17.7 Å². The van der Waals surface area contributed by atoms with Gasteiger partial charge in [-0.05, 0) is 36.8 Å². The number of nitrogens with zero attached hydrogens (tertiary/aromatic N) is 1. The maximum atomic E-state index is 12.4. The summed E-state index contributed by atoms with van der Waals surface area (Å²) in [6.45, 7) is 3.56. The molecule has 2 heterocycles. The number of hydrogen-bond acceptors (Lipinski definition) is 5. The first kappa shape index (κ1) is 17.1. The van der Waals surface area contributed by atoms with Gasteiger partial charge in [0.05, 0.1) is 18.9 Å². The number of hydrogen-bond donors (Lipinski definition) is 0. The Kier molecular flexibility index (Phi) is 4.93. The van der Waals surface area contributed by atoms with Gasteiger partial charge in [0.2, 0.25) is 5.91 Å². The maximum Gasteiger partial charge on any atom is 0.233 e. The van der Waals surface area contributed by atoms with E-state index in [0.717, 1.165) is 22.8 Å². The number of ether oxygens (including phenoxy) is 3. The van der Waals surface area contributed by atoms with Crippen LogP contribution in [0, 0.1) is 0 Å². The SMILES string of the molecule is CCOc1ccc(C2SCC(=O)N2CC2COc3ccccc3O2)cc1. The van der Waals surface area contributed by atoms with Crippen molar-refractivity contribution in [2.45, 2.75) is 18.4 Å². The van der Waals surface area contributed by atoms with E-state index in [-0.39, 0.29) is 17.4 Å². The number of carbonyl (C=O) groups excluding carboxylic acids is 1. The van der Waals surface area contributed by atoms with Crippen LogP contribution in [0.4, 0.5) is 0 Å². The van der Waals surface area contributed by atoms with Gasteiger partial charge >= 0.3 is 0 Å². The van der Waals surface area contributed by atoms with E-state index >= 15 is 0 Å². The molecule has 1 saturated heterocycles. The van der Waals surface area contributed by atoms with Crippen LogP contribution in [-0.4, -0.2) is 42.4 Å². The summed E-state index contributed by atoms with van der Waals surface area (Å²) in [5.74, 6) is 2.96. The molecule has 0 aromatic heterocycles. The van der Waals surface area contributed by atoms with Gasteiger partial charge in [-0.3, -0.25) is 4.79 Å². The zero-order valence-corrected chi connectivity index (χ0v) is 15.4. The van der Waals surface area contributed by atoms with E-state index in [0.29, 0.717) is 25.5 Å². The molecule has 2 aromatic rings. The fourth-order valence-corrected chi connectivity index (χ4v) is 4.39. The first-order valence-corrected chi connectivity index (χ1v) is 9.82. The summed E-state index contributed by atoms with van der Waals surface area (Å²) in [6, 6.07) is 15.6. The van der Waals surface area contributed by atoms with Crippen LogP contribution in [0.2, 0.25) is 0 Å². The Hall–Kier alpha value is -2.34. The van der Waals surface area contributed by atoms with Gasteiger partial charge in [0.15, 0.2) is 17.6 Å². The number of fused-ring (bicyclic) bond motifs is 1. The predicted molar refractivity (Wildman–Crippen MR) is 101 cm³/mol. The molecule has 0 radical (unpaired) electrons. The summed E-state index contributed by atoms with van der Waals surface area (Å²) < 4.78 is 17.3. The van der Waals surface area contributed by atoms with Crippen molar-refractivity contribution < 1.29 is 19.0 Å². The van der Waals surface area contributed by atoms with E-state index in [1.807, 2.05) is 60.4 Å². The fourth-order valence-electron chi connectivity index (χ4n) is 3.20. The second kappa shape index (κ2) is 7.50. The molecule has 2 aromatic carbocycles. The molecular weight excluding hydrogens is 350 g/mol. The van der Waals surface area contributed by atoms with E-state index in [1.54, 1.807) is 11.8 Å². The Bertz CT molecular complexity index is 780. The highest BCUT2D eigenvalue weighted by molar-refractivity contribution is 8.00. The highest BCUT2D eigenvalue weighted by Gasteiger charge is 2.36. The molecular formula is C20H21NO4S. The summed E-state index contributed by atoms with van der Waals surface area (Å²) >= 11 is 1.64. The summed E-state index contributed by atoms with van der Waals surface area (Å²) in [5.41, 5.74) is 1.10. The summed E-state index contributed by atoms with van der Waals surface area (Å²) in [5, 5.41) is -0.000975. The molecule has 5 nitrogen and oxygen atoms in total. The Morgan fingerprint density at radius 2 is 1.92 bits per heavy atom. The Balaban J connectivity index is 1.47. The molecule has 0 spiro atoms. The highest BCUT2D eigenvalue weighted by Crippen LogP contribution is 2.40. The third kappa shape index (κ3) is 3.46. The molecule has 0 aliphatic carbocycles. The molecule has 2 aliphatic rings. The predicted octanol–water partition coefficient (Wildman–Crippen LogP) is 3.50. The molecule has 1 amide bonds. The lowest BCUT2D eigenvalue weighted by atomic mass is 10.2. The van der Waals surface area contributed by atoms with Crippen molar-refractivity contribution in [3.8, 4) is 17.2 Å². The van der Waals surface area contributed by atoms with Crippen molar-refractivity contribution in [2.75, 3.05) is 25.5 Å². The summed E-state index contributed by atoms with van der Waals surface area (Å²) in [4.78, 5) is 14.3. The van der Waals surface area contributed by atoms with E-state index in [4.69, 9.17) is 14.2 Å². The molecule has 0 bridgehead atoms. The van der Waals surface area contributed by atoms with Gasteiger partial charge in [-0.2, -0.15) is 0 Å². The monoisotopic (exact) mass is 371 g/mol. The lowest BCUT2D eigenvalue weighted by molar-refractivity contribution is -0.129. The van der Waals surface area contributed by atoms with Gasteiger partial charge in [-0.15, -0.1) is 11.8 Å². The highest BCUT2D eigenvalue weighted by atomic mass is 32.2. The number of rotatable bonds is 5. The third-order valence-electron chi connectivity index (χ3n) is 4.41. The van der Waals surface area contributed by atoms with Gasteiger partial charge in [-0.25, -0.2) is 0 Å². The van der Waals surface area contributed by atoms with Gasteiger partial charge in [-0.1, -0.05) is 24.3 Å². The molecule has 1 fully saturated rings. The van der Waals surface area contributed by atoms with E-state index < -0.39 is 0 Å². The minimum absolute atomic E-state index is 0.000975. The Morgan fingerprint density at radius 3 is 2.69 bits per heavy atom. The average molecular weight is 371 g/mol. The zero-order chi connectivity index (χ0) is 17.9. The van der Waals surface area contributed by atoms with Crippen LogP contribution in [0.1, 0.15) is 17.9 Å². The van der Waals surface area contributed by atoms with Crippen molar-refractivity contribution in [3.05, 3.63) is 54.1 Å². The Labute approximate surface area is 157 Å². The van der Waals surface area contributed by atoms with E-state index in [1.165, 1.54) is 0 Å². The van der Waals surface area contributed by atoms with E-state index in [9.17, 15) is 4.79 Å². The maximum absolute atomic E-state index is 12.4. The van der Waals surface area contributed by atoms with Crippen molar-refractivity contribution in [3.63, 3.8) is 0 Å². The molecule has 6 heteroatoms. The van der Waals surface area contributed by atoms with Crippen LogP contribution >= 0.6 is 11.8 Å². The second-order valence-corrected chi connectivity index (χ2v) is 7.28. The minimum atomic E-state index is -0.169. The molecule has 2 atom stereocenters. The number of amides is 1. The number of carbonyl (C=O) groups is 1. The molecule has 4 rings (SSSR count). The molecule has 136 valence electrons. The van der Waals surface area contributed by atoms with Crippen LogP contribution in [-0.2, 0) is 4.79 Å². The largest absolute Gasteiger partial charge is 0.494 e. The smallest absolute Gasteiger partial charge is 0.233 e. The number of para-hydroxylation sites is 2. The molecule has 0 saturated carbocycles. The molecule has 0 N–H and O–H groups in total. The second-order valence-electron chi connectivity index (χ2n) is 6.21. The van der Waals surface area contributed by atoms with Crippen molar-refractivity contribution >= 4 is 17.7 Å². The standard InChI is InChI=1S/C20H21NO4S/c1-2-23-15-9-7-14(8-10-15)20-21(19(22)13-26-20)11-16-12-24-17-5-3-4-6-18(17)25-16/h3-10,16,20H,2,11-13H2,1H3. The average Bonchev–Trinajstić information content (AvgIpc) is 3.03. The molecule has 26 heavy (non-hydrogen) atoms. The van der Waals surface area contributed by atoms with Crippen molar-refractivity contribution in [2.24, 2.45) is 0 Å². The normalized spacial score (nSPS) is 21.7. The van der Waals surface area contributed by atoms with Crippen LogP contribution in [0.15, 0.2) is 48.5 Å². The molecule has 2 unspecified atom stereocenters. The first-order valence-electron chi connectivity index (χ1n) is 8.77. The fraction of sp³-hybridized carbons (Fsp3) is 0.350. The first-order chi connectivity index (χ1) is 12.7. The third-order valence-corrected chi connectivity index (χ3v) is 5.67. The minimum Gasteiger partial charge on any atom is -0.494 e. The van der Waals surface area contributed by atoms with Gasteiger partial charge in [0, 0.05) is 0 Å². The quantitative estimate of drug-likeness (QED) is 0.805. The zero-order valence-electron chi connectivity index (χ0n) is 14.6. The van der Waals surface area contributed by atoms with Crippen LogP contribution < -0.4 is 14.2 Å².